The van der Waals surface area contributed by atoms with Gasteiger partial charge in [-0.1, -0.05) is 49.7 Å². The number of pyridine rings is 1. The fourth-order valence-electron chi connectivity index (χ4n) is 4.45. The van der Waals surface area contributed by atoms with Crippen molar-refractivity contribution in [2.24, 2.45) is 0 Å². The molecule has 0 spiro atoms. The highest BCUT2D eigenvalue weighted by atomic mass is 32.1. The summed E-state index contributed by atoms with van der Waals surface area (Å²) in [5.74, 6) is 0. The molecule has 0 saturated carbocycles. The van der Waals surface area contributed by atoms with E-state index in [0.717, 1.165) is 36.7 Å². The van der Waals surface area contributed by atoms with Gasteiger partial charge in [-0.3, -0.25) is 4.98 Å². The average molecular weight is 419 g/mol. The smallest absolute Gasteiger partial charge is 0.170 e. The van der Waals surface area contributed by atoms with Gasteiger partial charge in [0.05, 0.1) is 17.8 Å². The summed E-state index contributed by atoms with van der Waals surface area (Å²) in [5, 5.41) is 4.40. The number of nitrogens with one attached hydrogen (secondary N) is 1. The first kappa shape index (κ1) is 20.6. The van der Waals surface area contributed by atoms with Crippen LogP contribution >= 0.6 is 12.2 Å². The van der Waals surface area contributed by atoms with Crippen molar-refractivity contribution in [1.82, 2.24) is 19.8 Å². The van der Waals surface area contributed by atoms with Crippen molar-refractivity contribution < 1.29 is 0 Å². The number of benzene rings is 1. The van der Waals surface area contributed by atoms with Crippen LogP contribution in [-0.2, 0) is 6.54 Å². The van der Waals surface area contributed by atoms with Crippen LogP contribution in [0.3, 0.4) is 0 Å². The molecule has 0 aliphatic carbocycles. The van der Waals surface area contributed by atoms with Crippen LogP contribution in [0.1, 0.15) is 60.1 Å². The van der Waals surface area contributed by atoms with Gasteiger partial charge in [-0.05, 0) is 61.8 Å². The highest BCUT2D eigenvalue weighted by Gasteiger charge is 2.40. The Balaban J connectivity index is 1.74. The van der Waals surface area contributed by atoms with E-state index in [1.54, 1.807) is 0 Å². The normalized spacial score (nSPS) is 18.6. The summed E-state index contributed by atoms with van der Waals surface area (Å²) in [6.45, 7) is 8.50. The number of hydrogen-bond donors (Lipinski definition) is 1. The minimum Gasteiger partial charge on any atom is -0.352 e. The molecule has 0 amide bonds. The van der Waals surface area contributed by atoms with E-state index in [9.17, 15) is 0 Å². The molecule has 0 radical (unpaired) electrons. The van der Waals surface area contributed by atoms with E-state index >= 15 is 0 Å². The van der Waals surface area contributed by atoms with Crippen molar-refractivity contribution in [1.29, 1.82) is 0 Å². The van der Waals surface area contributed by atoms with E-state index in [1.165, 1.54) is 22.5 Å². The minimum atomic E-state index is 0.0567. The summed E-state index contributed by atoms with van der Waals surface area (Å²) in [6, 6.07) is 19.3. The zero-order chi connectivity index (χ0) is 21.1. The lowest BCUT2D eigenvalue weighted by molar-refractivity contribution is 0.311. The average Bonchev–Trinajstić information content (AvgIpc) is 3.24. The molecule has 3 aromatic rings. The Morgan fingerprint density at radius 1 is 1.07 bits per heavy atom. The number of rotatable bonds is 7. The van der Waals surface area contributed by atoms with Gasteiger partial charge in [0.15, 0.2) is 5.11 Å². The molecule has 156 valence electrons. The molecule has 4 nitrogen and oxygen atoms in total. The Labute approximate surface area is 184 Å². The molecule has 1 saturated heterocycles. The van der Waals surface area contributed by atoms with Crippen molar-refractivity contribution in [2.45, 2.75) is 52.2 Å². The van der Waals surface area contributed by atoms with E-state index in [4.69, 9.17) is 12.2 Å². The molecule has 1 aromatic carbocycles. The first-order chi connectivity index (χ1) is 14.6. The van der Waals surface area contributed by atoms with E-state index < -0.39 is 0 Å². The predicted octanol–water partition coefficient (Wildman–Crippen LogP) is 5.32. The maximum absolute atomic E-state index is 5.78. The molecule has 1 aliphatic rings. The zero-order valence-corrected chi connectivity index (χ0v) is 18.8. The Bertz CT molecular complexity index is 997. The van der Waals surface area contributed by atoms with Crippen molar-refractivity contribution in [2.75, 3.05) is 6.54 Å². The van der Waals surface area contributed by atoms with E-state index in [-0.39, 0.29) is 12.1 Å². The molecule has 30 heavy (non-hydrogen) atoms. The van der Waals surface area contributed by atoms with Crippen molar-refractivity contribution in [3.63, 3.8) is 0 Å². The monoisotopic (exact) mass is 418 g/mol. The lowest BCUT2D eigenvalue weighted by Crippen LogP contribution is -2.30. The fourth-order valence-corrected chi connectivity index (χ4v) is 4.78. The van der Waals surface area contributed by atoms with E-state index in [1.807, 2.05) is 12.3 Å². The van der Waals surface area contributed by atoms with Gasteiger partial charge in [-0.15, -0.1) is 0 Å². The van der Waals surface area contributed by atoms with Gasteiger partial charge in [-0.25, -0.2) is 0 Å². The molecule has 3 heterocycles. The van der Waals surface area contributed by atoms with E-state index in [0.29, 0.717) is 0 Å². The highest BCUT2D eigenvalue weighted by molar-refractivity contribution is 7.80. The van der Waals surface area contributed by atoms with Gasteiger partial charge in [0.2, 0.25) is 0 Å². The second-order valence-electron chi connectivity index (χ2n) is 8.07. The largest absolute Gasteiger partial charge is 0.352 e. The molecule has 1 aliphatic heterocycles. The van der Waals surface area contributed by atoms with Gasteiger partial charge in [0, 0.05) is 30.7 Å². The number of hydrogen-bond acceptors (Lipinski definition) is 2. The summed E-state index contributed by atoms with van der Waals surface area (Å²) in [4.78, 5) is 7.02. The Hall–Kier alpha value is -2.66. The standard InChI is InChI=1S/C25H30N4S/c1-4-5-15-28-24(23(27-25(28)30)22-13-9-10-14-26-22)21-16-18(2)29(19(21)3)17-20-11-7-6-8-12-20/h6-14,16,23-24H,4-5,15,17H2,1-3H3,(H,27,30)/t23-,24+/m0/s1. The molecular formula is C25H30N4S. The van der Waals surface area contributed by atoms with Crippen LogP contribution in [0.2, 0.25) is 0 Å². The van der Waals surface area contributed by atoms with Crippen molar-refractivity contribution >= 4 is 17.3 Å². The lowest BCUT2D eigenvalue weighted by Gasteiger charge is -2.28. The number of unbranched alkanes of at least 4 members (excludes halogenated alkanes) is 1. The number of thiocarbonyl (C=S) groups is 1. The van der Waals surface area contributed by atoms with Crippen LogP contribution in [0.15, 0.2) is 60.8 Å². The quantitative estimate of drug-likeness (QED) is 0.527. The summed E-state index contributed by atoms with van der Waals surface area (Å²) >= 11 is 5.78. The maximum atomic E-state index is 5.78. The summed E-state index contributed by atoms with van der Waals surface area (Å²) < 4.78 is 2.42. The molecule has 0 bridgehead atoms. The first-order valence-corrected chi connectivity index (χ1v) is 11.2. The second-order valence-corrected chi connectivity index (χ2v) is 8.46. The molecular weight excluding hydrogens is 388 g/mol. The Kier molecular flexibility index (Phi) is 6.18. The molecule has 2 atom stereocenters. The minimum absolute atomic E-state index is 0.0567. The van der Waals surface area contributed by atoms with Gasteiger partial charge in [0.1, 0.15) is 0 Å². The summed E-state index contributed by atoms with van der Waals surface area (Å²) in [5.41, 5.74) is 6.27. The Morgan fingerprint density at radius 2 is 1.83 bits per heavy atom. The topological polar surface area (TPSA) is 33.1 Å². The number of aromatic nitrogens is 2. The van der Waals surface area contributed by atoms with Gasteiger partial charge < -0.3 is 14.8 Å². The van der Waals surface area contributed by atoms with Crippen molar-refractivity contribution in [3.8, 4) is 0 Å². The molecule has 2 aromatic heterocycles. The molecule has 1 N–H and O–H groups in total. The predicted molar refractivity (Wildman–Crippen MR) is 127 cm³/mol. The maximum Gasteiger partial charge on any atom is 0.170 e. The van der Waals surface area contributed by atoms with E-state index in [2.05, 4.69) is 89.1 Å². The van der Waals surface area contributed by atoms with Gasteiger partial charge >= 0.3 is 0 Å². The van der Waals surface area contributed by atoms with Crippen LogP contribution in [-0.4, -0.2) is 26.1 Å². The SMILES string of the molecule is CCCCN1C(=S)N[C@@H](c2ccccn2)[C@H]1c1cc(C)n(Cc2ccccc2)c1C. The zero-order valence-electron chi connectivity index (χ0n) is 18.0. The van der Waals surface area contributed by atoms with Gasteiger partial charge in [-0.2, -0.15) is 0 Å². The van der Waals surface area contributed by atoms with Gasteiger partial charge in [0.25, 0.3) is 0 Å². The molecule has 0 unspecified atom stereocenters. The van der Waals surface area contributed by atoms with Crippen molar-refractivity contribution in [3.05, 3.63) is 89.0 Å². The molecule has 1 fully saturated rings. The van der Waals surface area contributed by atoms with Crippen LogP contribution in [0.5, 0.6) is 0 Å². The Morgan fingerprint density at radius 3 is 2.53 bits per heavy atom. The lowest BCUT2D eigenvalue weighted by atomic mass is 9.96. The molecule has 5 heteroatoms. The highest BCUT2D eigenvalue weighted by Crippen LogP contribution is 2.41. The fraction of sp³-hybridized carbons (Fsp3) is 0.360. The van der Waals surface area contributed by atoms with Crippen LogP contribution in [0.25, 0.3) is 0 Å². The molecule has 4 rings (SSSR count). The first-order valence-electron chi connectivity index (χ1n) is 10.8. The second kappa shape index (κ2) is 9.00. The van der Waals surface area contributed by atoms with Crippen LogP contribution in [0.4, 0.5) is 0 Å². The third-order valence-electron chi connectivity index (χ3n) is 6.07. The summed E-state index contributed by atoms with van der Waals surface area (Å²) in [6.07, 6.45) is 4.13. The number of aryl methyl sites for hydroxylation is 1. The van der Waals surface area contributed by atoms with Crippen LogP contribution < -0.4 is 5.32 Å². The van der Waals surface area contributed by atoms with Crippen LogP contribution in [0, 0.1) is 13.8 Å². The third-order valence-corrected chi connectivity index (χ3v) is 6.42. The third kappa shape index (κ3) is 3.99. The summed E-state index contributed by atoms with van der Waals surface area (Å²) in [7, 11) is 0. The number of nitrogens with zero attached hydrogens (tertiary/aromatic N) is 3.